The summed E-state index contributed by atoms with van der Waals surface area (Å²) in [4.78, 5) is 23.7. The van der Waals surface area contributed by atoms with Crippen LogP contribution >= 0.6 is 11.6 Å². The summed E-state index contributed by atoms with van der Waals surface area (Å²) in [7, 11) is 1.64. The van der Waals surface area contributed by atoms with Crippen molar-refractivity contribution in [3.63, 3.8) is 0 Å². The Hall–Kier alpha value is -2.07. The highest BCUT2D eigenvalue weighted by molar-refractivity contribution is 6.30. The summed E-state index contributed by atoms with van der Waals surface area (Å²) in [6, 6.07) is 10.8. The Kier molecular flexibility index (Phi) is 4.26. The number of hydrogen-bond acceptors (Lipinski definition) is 2. The molecule has 1 aromatic carbocycles. The van der Waals surface area contributed by atoms with Crippen molar-refractivity contribution in [1.82, 2.24) is 9.88 Å². The second kappa shape index (κ2) is 6.20. The van der Waals surface area contributed by atoms with Crippen LogP contribution in [0.2, 0.25) is 5.02 Å². The molecule has 0 spiro atoms. The van der Waals surface area contributed by atoms with E-state index in [1.54, 1.807) is 19.3 Å². The van der Waals surface area contributed by atoms with Gasteiger partial charge in [-0.3, -0.25) is 9.59 Å². The molecular weight excluding hydrogens is 312 g/mol. The molecule has 1 aliphatic rings. The van der Waals surface area contributed by atoms with Gasteiger partial charge in [-0.2, -0.15) is 0 Å². The quantitative estimate of drug-likeness (QED) is 0.937. The number of aromatic nitrogens is 1. The standard InChI is InChI=1S/C18H19ClN2O2/c1-21-11-13(6-7-16(21)22)17(23)20-12-18(8-3-9-18)14-4-2-5-15(19)10-14/h2,4-7,10-11H,3,8-9,12H2,1H3,(H,20,23). The maximum atomic E-state index is 12.3. The second-order valence-electron chi connectivity index (χ2n) is 6.19. The summed E-state index contributed by atoms with van der Waals surface area (Å²) < 4.78 is 1.41. The Morgan fingerprint density at radius 1 is 1.30 bits per heavy atom. The summed E-state index contributed by atoms with van der Waals surface area (Å²) in [5.74, 6) is -0.158. The zero-order valence-electron chi connectivity index (χ0n) is 13.0. The molecule has 0 bridgehead atoms. The number of carbonyl (C=O) groups is 1. The average molecular weight is 331 g/mol. The summed E-state index contributed by atoms with van der Waals surface area (Å²) >= 11 is 6.10. The van der Waals surface area contributed by atoms with Crippen molar-refractivity contribution in [3.05, 3.63) is 69.1 Å². The third kappa shape index (κ3) is 3.17. The smallest absolute Gasteiger partial charge is 0.252 e. The molecule has 2 aromatic rings. The Labute approximate surface area is 140 Å². The number of rotatable bonds is 4. The fraction of sp³-hybridized carbons (Fsp3) is 0.333. The van der Waals surface area contributed by atoms with Crippen LogP contribution in [0.15, 0.2) is 47.4 Å². The molecule has 1 amide bonds. The molecule has 1 aliphatic carbocycles. The van der Waals surface area contributed by atoms with E-state index < -0.39 is 0 Å². The van der Waals surface area contributed by atoms with Gasteiger partial charge in [0.05, 0.1) is 5.56 Å². The van der Waals surface area contributed by atoms with E-state index in [0.717, 1.165) is 24.3 Å². The van der Waals surface area contributed by atoms with E-state index >= 15 is 0 Å². The lowest BCUT2D eigenvalue weighted by Crippen LogP contribution is -2.45. The van der Waals surface area contributed by atoms with E-state index in [1.807, 2.05) is 18.2 Å². The van der Waals surface area contributed by atoms with Crippen molar-refractivity contribution in [3.8, 4) is 0 Å². The minimum atomic E-state index is -0.158. The molecule has 0 atom stereocenters. The molecule has 1 saturated carbocycles. The van der Waals surface area contributed by atoms with Crippen LogP contribution in [0.5, 0.6) is 0 Å². The maximum absolute atomic E-state index is 12.3. The Bertz CT molecular complexity index is 794. The minimum Gasteiger partial charge on any atom is -0.351 e. The normalized spacial score (nSPS) is 15.7. The van der Waals surface area contributed by atoms with Crippen molar-refractivity contribution in [1.29, 1.82) is 0 Å². The number of halogens is 1. The lowest BCUT2D eigenvalue weighted by atomic mass is 9.64. The molecule has 0 aliphatic heterocycles. The van der Waals surface area contributed by atoms with Gasteiger partial charge in [-0.1, -0.05) is 30.2 Å². The molecule has 4 nitrogen and oxygen atoms in total. The van der Waals surface area contributed by atoms with Gasteiger partial charge in [0.25, 0.3) is 5.91 Å². The molecule has 0 radical (unpaired) electrons. The average Bonchev–Trinajstić information content (AvgIpc) is 2.49. The van der Waals surface area contributed by atoms with Crippen molar-refractivity contribution < 1.29 is 4.79 Å². The van der Waals surface area contributed by atoms with Gasteiger partial charge in [-0.05, 0) is 36.6 Å². The van der Waals surface area contributed by atoms with Crippen LogP contribution in [-0.2, 0) is 12.5 Å². The van der Waals surface area contributed by atoms with Gasteiger partial charge in [0.1, 0.15) is 0 Å². The van der Waals surface area contributed by atoms with Crippen molar-refractivity contribution >= 4 is 17.5 Å². The summed E-state index contributed by atoms with van der Waals surface area (Å²) in [5.41, 5.74) is 1.52. The highest BCUT2D eigenvalue weighted by Crippen LogP contribution is 2.43. The molecule has 1 N–H and O–H groups in total. The van der Waals surface area contributed by atoms with E-state index in [1.165, 1.54) is 16.2 Å². The molecule has 3 rings (SSSR count). The largest absolute Gasteiger partial charge is 0.351 e. The zero-order valence-corrected chi connectivity index (χ0v) is 13.8. The third-order valence-electron chi connectivity index (χ3n) is 4.68. The molecule has 1 fully saturated rings. The highest BCUT2D eigenvalue weighted by Gasteiger charge is 2.39. The van der Waals surface area contributed by atoms with E-state index in [-0.39, 0.29) is 16.9 Å². The molecular formula is C18H19ClN2O2. The fourth-order valence-electron chi connectivity index (χ4n) is 3.07. The van der Waals surface area contributed by atoms with Gasteiger partial charge in [0, 0.05) is 36.3 Å². The van der Waals surface area contributed by atoms with Gasteiger partial charge in [-0.15, -0.1) is 0 Å². The Morgan fingerprint density at radius 2 is 2.09 bits per heavy atom. The first-order valence-electron chi connectivity index (χ1n) is 7.71. The maximum Gasteiger partial charge on any atom is 0.252 e. The SMILES string of the molecule is Cn1cc(C(=O)NCC2(c3cccc(Cl)c3)CCC2)ccc1=O. The van der Waals surface area contributed by atoms with Crippen molar-refractivity contribution in [2.75, 3.05) is 6.54 Å². The first-order chi connectivity index (χ1) is 11.0. The first-order valence-corrected chi connectivity index (χ1v) is 8.09. The molecule has 120 valence electrons. The number of nitrogens with zero attached hydrogens (tertiary/aromatic N) is 1. The van der Waals surface area contributed by atoms with E-state index in [4.69, 9.17) is 11.6 Å². The van der Waals surface area contributed by atoms with E-state index in [0.29, 0.717) is 12.1 Å². The predicted molar refractivity (Wildman–Crippen MR) is 91.0 cm³/mol. The topological polar surface area (TPSA) is 51.1 Å². The monoisotopic (exact) mass is 330 g/mol. The van der Waals surface area contributed by atoms with Gasteiger partial charge in [-0.25, -0.2) is 0 Å². The molecule has 5 heteroatoms. The van der Waals surface area contributed by atoms with Gasteiger partial charge in [0.15, 0.2) is 0 Å². The number of hydrogen-bond donors (Lipinski definition) is 1. The van der Waals surface area contributed by atoms with E-state index in [2.05, 4.69) is 11.4 Å². The second-order valence-corrected chi connectivity index (χ2v) is 6.63. The van der Waals surface area contributed by atoms with Gasteiger partial charge >= 0.3 is 0 Å². The van der Waals surface area contributed by atoms with Gasteiger partial charge in [0.2, 0.25) is 5.56 Å². The molecule has 1 aromatic heterocycles. The number of pyridine rings is 1. The summed E-state index contributed by atoms with van der Waals surface area (Å²) in [6.45, 7) is 0.578. The zero-order chi connectivity index (χ0) is 16.4. The first kappa shape index (κ1) is 15.8. The van der Waals surface area contributed by atoms with Crippen molar-refractivity contribution in [2.45, 2.75) is 24.7 Å². The fourth-order valence-corrected chi connectivity index (χ4v) is 3.26. The van der Waals surface area contributed by atoms with Gasteiger partial charge < -0.3 is 9.88 Å². The van der Waals surface area contributed by atoms with Crippen LogP contribution in [0.4, 0.5) is 0 Å². The van der Waals surface area contributed by atoms with Crippen LogP contribution in [0.1, 0.15) is 35.2 Å². The number of amides is 1. The van der Waals surface area contributed by atoms with E-state index in [9.17, 15) is 9.59 Å². The van der Waals surface area contributed by atoms with Crippen LogP contribution in [-0.4, -0.2) is 17.0 Å². The molecule has 1 heterocycles. The number of aryl methyl sites for hydroxylation is 1. The Balaban J connectivity index is 1.74. The van der Waals surface area contributed by atoms with Crippen LogP contribution in [0, 0.1) is 0 Å². The lowest BCUT2D eigenvalue weighted by Gasteiger charge is -2.42. The van der Waals surface area contributed by atoms with Crippen molar-refractivity contribution in [2.24, 2.45) is 7.05 Å². The van der Waals surface area contributed by atoms with Crippen LogP contribution in [0.3, 0.4) is 0 Å². The van der Waals surface area contributed by atoms with Crippen LogP contribution < -0.4 is 10.9 Å². The number of benzene rings is 1. The number of nitrogens with one attached hydrogen (secondary N) is 1. The highest BCUT2D eigenvalue weighted by atomic mass is 35.5. The van der Waals surface area contributed by atoms with Crippen LogP contribution in [0.25, 0.3) is 0 Å². The summed E-state index contributed by atoms with van der Waals surface area (Å²) in [6.07, 6.45) is 4.80. The third-order valence-corrected chi connectivity index (χ3v) is 4.92. The lowest BCUT2D eigenvalue weighted by molar-refractivity contribution is 0.0927. The molecule has 0 unspecified atom stereocenters. The summed E-state index contributed by atoms with van der Waals surface area (Å²) in [5, 5.41) is 3.73. The predicted octanol–water partition coefficient (Wildman–Crippen LogP) is 2.89. The number of carbonyl (C=O) groups excluding carboxylic acids is 1. The molecule has 0 saturated heterocycles. The molecule has 23 heavy (non-hydrogen) atoms. The minimum absolute atomic E-state index is 0.0266. The Morgan fingerprint density at radius 3 is 2.70 bits per heavy atom.